The summed E-state index contributed by atoms with van der Waals surface area (Å²) < 4.78 is 0. The van der Waals surface area contributed by atoms with E-state index >= 15 is 0 Å². The molecule has 1 aromatic rings. The third kappa shape index (κ3) is 5.24. The standard InChI is InChI=1S/C18H32N4/c1-14(2)17-7-10-22(11-8-17)18-20-12-16(13-21-18)6-5-9-19-15(3)4/h12-15,17,19H,5-11H2,1-4H3. The third-order valence-corrected chi connectivity index (χ3v) is 4.65. The van der Waals surface area contributed by atoms with Crippen LogP contribution in [0.1, 0.15) is 52.5 Å². The van der Waals surface area contributed by atoms with Gasteiger partial charge in [0.1, 0.15) is 0 Å². The van der Waals surface area contributed by atoms with Crippen LogP contribution < -0.4 is 10.2 Å². The van der Waals surface area contributed by atoms with Gasteiger partial charge in [0.25, 0.3) is 0 Å². The summed E-state index contributed by atoms with van der Waals surface area (Å²) >= 11 is 0. The first-order chi connectivity index (χ1) is 10.6. The second-order valence-corrected chi connectivity index (χ2v) is 7.17. The summed E-state index contributed by atoms with van der Waals surface area (Å²) in [4.78, 5) is 11.5. The molecule has 1 aliphatic rings. The largest absolute Gasteiger partial charge is 0.341 e. The predicted octanol–water partition coefficient (Wildman–Crippen LogP) is 3.28. The van der Waals surface area contributed by atoms with E-state index in [9.17, 15) is 0 Å². The number of anilines is 1. The Morgan fingerprint density at radius 3 is 2.32 bits per heavy atom. The summed E-state index contributed by atoms with van der Waals surface area (Å²) in [7, 11) is 0. The van der Waals surface area contributed by atoms with Crippen LogP contribution in [0.2, 0.25) is 0 Å². The molecular weight excluding hydrogens is 272 g/mol. The van der Waals surface area contributed by atoms with Gasteiger partial charge in [-0.3, -0.25) is 0 Å². The zero-order chi connectivity index (χ0) is 15.9. The molecule has 0 radical (unpaired) electrons. The van der Waals surface area contributed by atoms with Gasteiger partial charge in [0.15, 0.2) is 0 Å². The van der Waals surface area contributed by atoms with E-state index in [1.54, 1.807) is 0 Å². The first-order valence-corrected chi connectivity index (χ1v) is 8.85. The van der Waals surface area contributed by atoms with Crippen LogP contribution in [0.25, 0.3) is 0 Å². The van der Waals surface area contributed by atoms with Crippen molar-refractivity contribution in [2.75, 3.05) is 24.5 Å². The van der Waals surface area contributed by atoms with Gasteiger partial charge in [0.05, 0.1) is 0 Å². The number of nitrogens with zero attached hydrogens (tertiary/aromatic N) is 3. The Hall–Kier alpha value is -1.16. The number of hydrogen-bond donors (Lipinski definition) is 1. The molecule has 4 heteroatoms. The molecule has 0 aliphatic carbocycles. The minimum atomic E-state index is 0.562. The van der Waals surface area contributed by atoms with Gasteiger partial charge >= 0.3 is 0 Å². The van der Waals surface area contributed by atoms with E-state index in [-0.39, 0.29) is 0 Å². The average Bonchev–Trinajstić information content (AvgIpc) is 2.52. The smallest absolute Gasteiger partial charge is 0.225 e. The number of nitrogens with one attached hydrogen (secondary N) is 1. The van der Waals surface area contributed by atoms with Crippen molar-refractivity contribution in [1.82, 2.24) is 15.3 Å². The van der Waals surface area contributed by atoms with Gasteiger partial charge in [-0.15, -0.1) is 0 Å². The van der Waals surface area contributed by atoms with Gasteiger partial charge < -0.3 is 10.2 Å². The summed E-state index contributed by atoms with van der Waals surface area (Å²) in [6, 6.07) is 0.562. The molecule has 0 unspecified atom stereocenters. The Kier molecular flexibility index (Phi) is 6.62. The number of rotatable bonds is 7. The monoisotopic (exact) mass is 304 g/mol. The molecule has 0 atom stereocenters. The van der Waals surface area contributed by atoms with Crippen LogP contribution in [-0.4, -0.2) is 35.6 Å². The van der Waals surface area contributed by atoms with Gasteiger partial charge in [0.2, 0.25) is 5.95 Å². The van der Waals surface area contributed by atoms with Gasteiger partial charge in [0, 0.05) is 31.5 Å². The van der Waals surface area contributed by atoms with E-state index in [0.29, 0.717) is 6.04 Å². The highest BCUT2D eigenvalue weighted by molar-refractivity contribution is 5.30. The van der Waals surface area contributed by atoms with E-state index in [1.165, 1.54) is 18.4 Å². The fraction of sp³-hybridized carbons (Fsp3) is 0.778. The lowest BCUT2D eigenvalue weighted by atomic mass is 9.87. The van der Waals surface area contributed by atoms with E-state index < -0.39 is 0 Å². The van der Waals surface area contributed by atoms with Gasteiger partial charge in [-0.05, 0) is 49.6 Å². The molecule has 2 heterocycles. The van der Waals surface area contributed by atoms with Gasteiger partial charge in [-0.2, -0.15) is 0 Å². The molecule has 1 fully saturated rings. The third-order valence-electron chi connectivity index (χ3n) is 4.65. The second kappa shape index (κ2) is 8.47. The van der Waals surface area contributed by atoms with Crippen LogP contribution in [0.3, 0.4) is 0 Å². The van der Waals surface area contributed by atoms with E-state index in [4.69, 9.17) is 0 Å². The Bertz CT molecular complexity index is 419. The van der Waals surface area contributed by atoms with Crippen molar-refractivity contribution in [2.45, 2.75) is 59.4 Å². The van der Waals surface area contributed by atoms with Crippen LogP contribution in [-0.2, 0) is 6.42 Å². The van der Waals surface area contributed by atoms with Crippen molar-refractivity contribution in [3.8, 4) is 0 Å². The lowest BCUT2D eigenvalue weighted by molar-refractivity contribution is 0.310. The normalized spacial score (nSPS) is 16.7. The summed E-state index contributed by atoms with van der Waals surface area (Å²) in [6.45, 7) is 12.3. The first-order valence-electron chi connectivity index (χ1n) is 8.85. The predicted molar refractivity (Wildman–Crippen MR) is 93.3 cm³/mol. The molecule has 2 rings (SSSR count). The van der Waals surface area contributed by atoms with E-state index in [2.05, 4.69) is 47.9 Å². The Morgan fingerprint density at radius 2 is 1.77 bits per heavy atom. The van der Waals surface area contributed by atoms with Crippen LogP contribution in [0.15, 0.2) is 12.4 Å². The van der Waals surface area contributed by atoms with Crippen LogP contribution >= 0.6 is 0 Å². The molecule has 1 aliphatic heterocycles. The maximum atomic E-state index is 4.58. The molecule has 1 saturated heterocycles. The Balaban J connectivity index is 1.77. The second-order valence-electron chi connectivity index (χ2n) is 7.17. The van der Waals surface area contributed by atoms with Gasteiger partial charge in [-0.1, -0.05) is 27.7 Å². The molecule has 4 nitrogen and oxygen atoms in total. The molecule has 124 valence electrons. The molecular formula is C18H32N4. The molecule has 0 bridgehead atoms. The summed E-state index contributed by atoms with van der Waals surface area (Å²) in [6.07, 6.45) is 8.74. The van der Waals surface area contributed by atoms with Crippen molar-refractivity contribution in [1.29, 1.82) is 0 Å². The molecule has 22 heavy (non-hydrogen) atoms. The Morgan fingerprint density at radius 1 is 1.14 bits per heavy atom. The fourth-order valence-corrected chi connectivity index (χ4v) is 3.09. The van der Waals surface area contributed by atoms with Crippen molar-refractivity contribution in [3.63, 3.8) is 0 Å². The number of aromatic nitrogens is 2. The van der Waals surface area contributed by atoms with Crippen molar-refractivity contribution in [2.24, 2.45) is 11.8 Å². The number of aryl methyl sites for hydroxylation is 1. The topological polar surface area (TPSA) is 41.1 Å². The van der Waals surface area contributed by atoms with Crippen molar-refractivity contribution in [3.05, 3.63) is 18.0 Å². The SMILES string of the molecule is CC(C)NCCCc1cnc(N2CCC(C(C)C)CC2)nc1. The van der Waals surface area contributed by atoms with Crippen LogP contribution in [0.5, 0.6) is 0 Å². The quantitative estimate of drug-likeness (QED) is 0.785. The molecule has 1 N–H and O–H groups in total. The maximum absolute atomic E-state index is 4.58. The first kappa shape index (κ1) is 17.2. The molecule has 0 amide bonds. The molecule has 0 spiro atoms. The zero-order valence-electron chi connectivity index (χ0n) is 14.7. The lowest BCUT2D eigenvalue weighted by Gasteiger charge is -2.33. The summed E-state index contributed by atoms with van der Waals surface area (Å²) in [5.74, 6) is 2.57. The highest BCUT2D eigenvalue weighted by Crippen LogP contribution is 2.26. The van der Waals surface area contributed by atoms with Gasteiger partial charge in [-0.25, -0.2) is 9.97 Å². The average molecular weight is 304 g/mol. The minimum absolute atomic E-state index is 0.562. The van der Waals surface area contributed by atoms with Crippen LogP contribution in [0.4, 0.5) is 5.95 Å². The fourth-order valence-electron chi connectivity index (χ4n) is 3.09. The highest BCUT2D eigenvalue weighted by atomic mass is 15.2. The number of hydrogen-bond acceptors (Lipinski definition) is 4. The number of piperidine rings is 1. The van der Waals surface area contributed by atoms with Crippen LogP contribution in [0, 0.1) is 11.8 Å². The lowest BCUT2D eigenvalue weighted by Crippen LogP contribution is -2.36. The highest BCUT2D eigenvalue weighted by Gasteiger charge is 2.22. The van der Waals surface area contributed by atoms with Crippen molar-refractivity contribution < 1.29 is 0 Å². The van der Waals surface area contributed by atoms with Crippen molar-refractivity contribution >= 4 is 5.95 Å². The summed E-state index contributed by atoms with van der Waals surface area (Å²) in [5.41, 5.74) is 1.24. The maximum Gasteiger partial charge on any atom is 0.225 e. The summed E-state index contributed by atoms with van der Waals surface area (Å²) in [5, 5.41) is 3.44. The van der Waals surface area contributed by atoms with E-state index in [0.717, 1.165) is 50.3 Å². The molecule has 1 aromatic heterocycles. The Labute approximate surface area is 135 Å². The zero-order valence-corrected chi connectivity index (χ0v) is 14.7. The minimum Gasteiger partial charge on any atom is -0.341 e. The molecule has 0 saturated carbocycles. The van der Waals surface area contributed by atoms with E-state index in [1.807, 2.05) is 12.4 Å². The molecule has 0 aromatic carbocycles.